The Morgan fingerprint density at radius 1 is 1.04 bits per heavy atom. The summed E-state index contributed by atoms with van der Waals surface area (Å²) >= 11 is 0. The van der Waals surface area contributed by atoms with Crippen molar-refractivity contribution in [2.45, 2.75) is 13.0 Å². The number of ether oxygens (including phenoxy) is 1. The molecule has 0 aromatic heterocycles. The van der Waals surface area contributed by atoms with Gasteiger partial charge in [-0.2, -0.15) is 0 Å². The van der Waals surface area contributed by atoms with Gasteiger partial charge in [-0.15, -0.1) is 0 Å². The van der Waals surface area contributed by atoms with Crippen LogP contribution in [0.2, 0.25) is 0 Å². The van der Waals surface area contributed by atoms with Gasteiger partial charge in [-0.05, 0) is 24.6 Å². The Bertz CT molecular complexity index is 771. The molecular formula is C22H27N3O3. The molecule has 2 N–H and O–H groups in total. The Morgan fingerprint density at radius 2 is 1.71 bits per heavy atom. The maximum Gasteiger partial charge on any atom is 0.251 e. The highest BCUT2D eigenvalue weighted by molar-refractivity contribution is 5.96. The molecule has 2 aromatic rings. The topological polar surface area (TPSA) is 70.7 Å². The van der Waals surface area contributed by atoms with Gasteiger partial charge in [0.05, 0.1) is 25.8 Å². The van der Waals surface area contributed by atoms with E-state index in [-0.39, 0.29) is 24.4 Å². The molecular weight excluding hydrogens is 354 g/mol. The van der Waals surface area contributed by atoms with Crippen LogP contribution in [0.3, 0.4) is 0 Å². The maximum atomic E-state index is 12.5. The highest BCUT2D eigenvalue weighted by Crippen LogP contribution is 2.16. The quantitative estimate of drug-likeness (QED) is 0.769. The molecule has 1 atom stereocenters. The van der Waals surface area contributed by atoms with Crippen molar-refractivity contribution in [1.29, 1.82) is 0 Å². The largest absolute Gasteiger partial charge is 0.379 e. The Kier molecular flexibility index (Phi) is 7.17. The molecule has 0 bridgehead atoms. The molecule has 148 valence electrons. The molecule has 1 aliphatic rings. The fourth-order valence-corrected chi connectivity index (χ4v) is 3.17. The summed E-state index contributed by atoms with van der Waals surface area (Å²) in [6.07, 6.45) is 0. The van der Waals surface area contributed by atoms with Crippen molar-refractivity contribution in [3.63, 3.8) is 0 Å². The van der Waals surface area contributed by atoms with E-state index in [2.05, 4.69) is 15.5 Å². The SMILES string of the molecule is Cc1ccc([C@H](CN2CCOCC2)NC(=O)CNC(=O)c2ccccc2)cc1. The lowest BCUT2D eigenvalue weighted by Crippen LogP contribution is -2.45. The minimum absolute atomic E-state index is 0.0563. The predicted molar refractivity (Wildman–Crippen MR) is 108 cm³/mol. The summed E-state index contributed by atoms with van der Waals surface area (Å²) in [5.74, 6) is -0.459. The summed E-state index contributed by atoms with van der Waals surface area (Å²) in [6.45, 7) is 5.82. The molecule has 0 saturated carbocycles. The second kappa shape index (κ2) is 10.0. The first-order chi connectivity index (χ1) is 13.6. The van der Waals surface area contributed by atoms with Gasteiger partial charge in [0.1, 0.15) is 0 Å². The molecule has 0 spiro atoms. The van der Waals surface area contributed by atoms with Crippen LogP contribution in [0, 0.1) is 6.92 Å². The number of nitrogens with one attached hydrogen (secondary N) is 2. The Hall–Kier alpha value is -2.70. The fraction of sp³-hybridized carbons (Fsp3) is 0.364. The summed E-state index contributed by atoms with van der Waals surface area (Å²) in [4.78, 5) is 26.9. The minimum atomic E-state index is -0.254. The van der Waals surface area contributed by atoms with E-state index < -0.39 is 0 Å². The number of hydrogen-bond acceptors (Lipinski definition) is 4. The van der Waals surface area contributed by atoms with Crippen molar-refractivity contribution in [2.24, 2.45) is 0 Å². The second-order valence-electron chi connectivity index (χ2n) is 6.99. The molecule has 0 aliphatic carbocycles. The van der Waals surface area contributed by atoms with Crippen LogP contribution in [-0.4, -0.2) is 56.1 Å². The van der Waals surface area contributed by atoms with E-state index in [0.717, 1.165) is 18.7 Å². The van der Waals surface area contributed by atoms with E-state index in [1.807, 2.05) is 37.3 Å². The van der Waals surface area contributed by atoms with Crippen molar-refractivity contribution < 1.29 is 14.3 Å². The molecule has 1 fully saturated rings. The van der Waals surface area contributed by atoms with Crippen LogP contribution < -0.4 is 10.6 Å². The highest BCUT2D eigenvalue weighted by Gasteiger charge is 2.20. The van der Waals surface area contributed by atoms with Gasteiger partial charge in [-0.3, -0.25) is 14.5 Å². The first kappa shape index (κ1) is 20.0. The number of benzene rings is 2. The molecule has 2 aromatic carbocycles. The van der Waals surface area contributed by atoms with E-state index in [1.165, 1.54) is 5.56 Å². The highest BCUT2D eigenvalue weighted by atomic mass is 16.5. The van der Waals surface area contributed by atoms with E-state index in [1.54, 1.807) is 24.3 Å². The van der Waals surface area contributed by atoms with Crippen LogP contribution in [0.4, 0.5) is 0 Å². The molecule has 0 unspecified atom stereocenters. The summed E-state index contributed by atoms with van der Waals surface area (Å²) in [5, 5.41) is 5.75. The van der Waals surface area contributed by atoms with Crippen LogP contribution in [0.25, 0.3) is 0 Å². The first-order valence-electron chi connectivity index (χ1n) is 9.61. The number of nitrogens with zero attached hydrogens (tertiary/aromatic N) is 1. The summed E-state index contributed by atoms with van der Waals surface area (Å²) in [6, 6.07) is 16.9. The van der Waals surface area contributed by atoms with Crippen molar-refractivity contribution >= 4 is 11.8 Å². The Balaban J connectivity index is 1.60. The zero-order valence-electron chi connectivity index (χ0n) is 16.2. The van der Waals surface area contributed by atoms with Gasteiger partial charge in [0.25, 0.3) is 5.91 Å². The normalized spacial score (nSPS) is 15.6. The Morgan fingerprint density at radius 3 is 2.39 bits per heavy atom. The first-order valence-corrected chi connectivity index (χ1v) is 9.61. The molecule has 6 nitrogen and oxygen atoms in total. The smallest absolute Gasteiger partial charge is 0.251 e. The number of hydrogen-bond donors (Lipinski definition) is 2. The average Bonchev–Trinajstić information content (AvgIpc) is 2.73. The lowest BCUT2D eigenvalue weighted by molar-refractivity contribution is -0.121. The van der Waals surface area contributed by atoms with Crippen molar-refractivity contribution in [1.82, 2.24) is 15.5 Å². The van der Waals surface area contributed by atoms with Gasteiger partial charge >= 0.3 is 0 Å². The molecule has 1 heterocycles. The van der Waals surface area contributed by atoms with Crippen LogP contribution in [0.5, 0.6) is 0 Å². The van der Waals surface area contributed by atoms with Crippen LogP contribution in [-0.2, 0) is 9.53 Å². The monoisotopic (exact) mass is 381 g/mol. The van der Waals surface area contributed by atoms with Crippen LogP contribution in [0.15, 0.2) is 54.6 Å². The van der Waals surface area contributed by atoms with Crippen molar-refractivity contribution in [3.8, 4) is 0 Å². The van der Waals surface area contributed by atoms with E-state index in [0.29, 0.717) is 25.3 Å². The molecule has 0 radical (unpaired) electrons. The predicted octanol–water partition coefficient (Wildman–Crippen LogP) is 1.91. The third kappa shape index (κ3) is 5.90. The van der Waals surface area contributed by atoms with Gasteiger partial charge in [0, 0.05) is 25.2 Å². The second-order valence-corrected chi connectivity index (χ2v) is 6.99. The fourth-order valence-electron chi connectivity index (χ4n) is 3.17. The zero-order valence-corrected chi connectivity index (χ0v) is 16.2. The summed E-state index contributed by atoms with van der Waals surface area (Å²) < 4.78 is 5.41. The maximum absolute atomic E-state index is 12.5. The molecule has 1 saturated heterocycles. The number of carbonyl (C=O) groups excluding carboxylic acids is 2. The lowest BCUT2D eigenvalue weighted by Gasteiger charge is -2.31. The standard InChI is InChI=1S/C22H27N3O3/c1-17-7-9-18(10-8-17)20(16-25-11-13-28-14-12-25)24-21(26)15-23-22(27)19-5-3-2-4-6-19/h2-10,20H,11-16H2,1H3,(H,23,27)(H,24,26)/t20-/m0/s1. The van der Waals surface area contributed by atoms with E-state index in [9.17, 15) is 9.59 Å². The van der Waals surface area contributed by atoms with Crippen molar-refractivity contribution in [2.75, 3.05) is 39.4 Å². The van der Waals surface area contributed by atoms with E-state index in [4.69, 9.17) is 4.74 Å². The van der Waals surface area contributed by atoms with E-state index >= 15 is 0 Å². The third-order valence-electron chi connectivity index (χ3n) is 4.80. The van der Waals surface area contributed by atoms with Gasteiger partial charge in [0.15, 0.2) is 0 Å². The number of morpholine rings is 1. The number of amides is 2. The lowest BCUT2D eigenvalue weighted by atomic mass is 10.0. The van der Waals surface area contributed by atoms with Crippen LogP contribution >= 0.6 is 0 Å². The summed E-state index contributed by atoms with van der Waals surface area (Å²) in [5.41, 5.74) is 2.77. The number of aryl methyl sites for hydroxylation is 1. The van der Waals surface area contributed by atoms with Gasteiger partial charge < -0.3 is 15.4 Å². The molecule has 2 amide bonds. The molecule has 6 heteroatoms. The third-order valence-corrected chi connectivity index (χ3v) is 4.80. The van der Waals surface area contributed by atoms with Crippen molar-refractivity contribution in [3.05, 3.63) is 71.3 Å². The minimum Gasteiger partial charge on any atom is -0.379 e. The molecule has 28 heavy (non-hydrogen) atoms. The Labute approximate surface area is 165 Å². The number of carbonyl (C=O) groups is 2. The summed E-state index contributed by atoms with van der Waals surface area (Å²) in [7, 11) is 0. The average molecular weight is 381 g/mol. The number of rotatable bonds is 7. The molecule has 3 rings (SSSR count). The zero-order chi connectivity index (χ0) is 19.8. The van der Waals surface area contributed by atoms with Gasteiger partial charge in [-0.25, -0.2) is 0 Å². The van der Waals surface area contributed by atoms with Gasteiger partial charge in [0.2, 0.25) is 5.91 Å². The molecule has 1 aliphatic heterocycles. The van der Waals surface area contributed by atoms with Crippen LogP contribution in [0.1, 0.15) is 27.5 Å². The van der Waals surface area contributed by atoms with Gasteiger partial charge in [-0.1, -0.05) is 48.0 Å².